The summed E-state index contributed by atoms with van der Waals surface area (Å²) in [6.45, 7) is 1.66. The Morgan fingerprint density at radius 1 is 1.44 bits per heavy atom. The second-order valence-corrected chi connectivity index (χ2v) is 4.79. The zero-order valence-corrected chi connectivity index (χ0v) is 9.17. The lowest BCUT2D eigenvalue weighted by atomic mass is 10.6. The molecule has 0 bridgehead atoms. The maximum Gasteiger partial charge on any atom is 0.280 e. The summed E-state index contributed by atoms with van der Waals surface area (Å²) in [7, 11) is -3.70. The minimum atomic E-state index is -3.70. The molecule has 5 N–H and O–H groups in total. The molecule has 8 nitrogen and oxygen atoms in total. The normalized spacial score (nSPS) is 11.6. The van der Waals surface area contributed by atoms with E-state index in [1.165, 1.54) is 12.4 Å². The molecule has 2 heterocycles. The van der Waals surface area contributed by atoms with E-state index in [2.05, 4.69) is 24.9 Å². The minimum absolute atomic E-state index is 0.0287. The summed E-state index contributed by atoms with van der Waals surface area (Å²) < 4.78 is 25.8. The van der Waals surface area contributed by atoms with Crippen molar-refractivity contribution >= 4 is 21.5 Å². The maximum atomic E-state index is 11.8. The zero-order valence-electron chi connectivity index (χ0n) is 8.35. The van der Waals surface area contributed by atoms with E-state index in [0.717, 1.165) is 0 Å². The number of nitrogens with one attached hydrogen (secondary N) is 3. The van der Waals surface area contributed by atoms with E-state index in [-0.39, 0.29) is 16.5 Å². The van der Waals surface area contributed by atoms with Gasteiger partial charge in [0.2, 0.25) is 0 Å². The maximum absolute atomic E-state index is 11.8. The van der Waals surface area contributed by atoms with Gasteiger partial charge in [0.1, 0.15) is 5.82 Å². The molecule has 2 aromatic rings. The van der Waals surface area contributed by atoms with Crippen molar-refractivity contribution in [3.05, 3.63) is 18.2 Å². The third-order valence-corrected chi connectivity index (χ3v) is 3.13. The Morgan fingerprint density at radius 2 is 2.19 bits per heavy atom. The number of aryl methyl sites for hydroxylation is 1. The predicted molar refractivity (Wildman–Crippen MR) is 57.1 cm³/mol. The van der Waals surface area contributed by atoms with Crippen LogP contribution >= 0.6 is 0 Å². The van der Waals surface area contributed by atoms with E-state index in [1.807, 2.05) is 0 Å². The Balaban J connectivity index is 2.31. The van der Waals surface area contributed by atoms with Crippen LogP contribution in [0.5, 0.6) is 0 Å². The van der Waals surface area contributed by atoms with Gasteiger partial charge >= 0.3 is 0 Å². The average molecular weight is 242 g/mol. The van der Waals surface area contributed by atoms with E-state index in [1.54, 1.807) is 6.92 Å². The Morgan fingerprint density at radius 3 is 2.69 bits per heavy atom. The van der Waals surface area contributed by atoms with Crippen molar-refractivity contribution < 1.29 is 8.42 Å². The van der Waals surface area contributed by atoms with Crippen LogP contribution in [0.25, 0.3) is 0 Å². The van der Waals surface area contributed by atoms with Crippen LogP contribution in [0.4, 0.5) is 11.5 Å². The van der Waals surface area contributed by atoms with Crippen molar-refractivity contribution in [2.75, 3.05) is 10.5 Å². The standard InChI is InChI=1S/C7H10N6O2S/c1-4-9-3-6(11-4)16(14,15)13-7-5(8)2-10-12-7/h2-3H,8H2,1H3,(H,9,11)(H2,10,12,13). The number of H-pyrrole nitrogens is 2. The third-order valence-electron chi connectivity index (χ3n) is 1.87. The van der Waals surface area contributed by atoms with E-state index in [0.29, 0.717) is 5.82 Å². The highest BCUT2D eigenvalue weighted by atomic mass is 32.2. The fraction of sp³-hybridized carbons (Fsp3) is 0.143. The SMILES string of the molecule is Cc1ncc(S(=O)(=O)Nc2[nH]ncc2N)[nH]1. The van der Waals surface area contributed by atoms with Crippen LogP contribution in [0.2, 0.25) is 0 Å². The number of hydrogen-bond donors (Lipinski definition) is 4. The summed E-state index contributed by atoms with van der Waals surface area (Å²) in [6, 6.07) is 0. The lowest BCUT2D eigenvalue weighted by molar-refractivity contribution is 0.598. The highest BCUT2D eigenvalue weighted by Crippen LogP contribution is 2.17. The molecule has 9 heteroatoms. The summed E-state index contributed by atoms with van der Waals surface area (Å²) in [5.41, 5.74) is 5.71. The molecular formula is C7H10N6O2S. The molecular weight excluding hydrogens is 232 g/mol. The Kier molecular flexibility index (Phi) is 2.31. The first kappa shape index (κ1) is 10.5. The van der Waals surface area contributed by atoms with Crippen LogP contribution < -0.4 is 10.5 Å². The monoisotopic (exact) mass is 242 g/mol. The van der Waals surface area contributed by atoms with Gasteiger partial charge in [0, 0.05) is 0 Å². The first-order valence-electron chi connectivity index (χ1n) is 4.32. The summed E-state index contributed by atoms with van der Waals surface area (Å²) in [6.07, 6.45) is 2.54. The fourth-order valence-electron chi connectivity index (χ4n) is 1.10. The van der Waals surface area contributed by atoms with Gasteiger partial charge in [0.15, 0.2) is 10.8 Å². The number of anilines is 2. The second-order valence-electron chi connectivity index (χ2n) is 3.14. The van der Waals surface area contributed by atoms with Crippen LogP contribution in [0.3, 0.4) is 0 Å². The Hall–Kier alpha value is -2.03. The van der Waals surface area contributed by atoms with Gasteiger partial charge < -0.3 is 10.7 Å². The lowest BCUT2D eigenvalue weighted by Crippen LogP contribution is -2.14. The molecule has 0 aliphatic rings. The highest BCUT2D eigenvalue weighted by Gasteiger charge is 2.18. The molecule has 0 unspecified atom stereocenters. The summed E-state index contributed by atoms with van der Waals surface area (Å²) in [5, 5.41) is 6.01. The van der Waals surface area contributed by atoms with Crippen molar-refractivity contribution in [2.45, 2.75) is 11.9 Å². The zero-order chi connectivity index (χ0) is 11.8. The quantitative estimate of drug-likeness (QED) is 0.593. The van der Waals surface area contributed by atoms with Gasteiger partial charge in [-0.25, -0.2) is 4.98 Å². The summed E-state index contributed by atoms with van der Waals surface area (Å²) in [5.74, 6) is 0.644. The van der Waals surface area contributed by atoms with Gasteiger partial charge in [0.05, 0.1) is 18.1 Å². The van der Waals surface area contributed by atoms with Crippen molar-refractivity contribution in [2.24, 2.45) is 0 Å². The van der Waals surface area contributed by atoms with Gasteiger partial charge in [-0.15, -0.1) is 0 Å². The van der Waals surface area contributed by atoms with Crippen molar-refractivity contribution in [3.8, 4) is 0 Å². The van der Waals surface area contributed by atoms with E-state index in [4.69, 9.17) is 5.73 Å². The number of sulfonamides is 1. The van der Waals surface area contributed by atoms with Gasteiger partial charge in [-0.05, 0) is 6.92 Å². The Labute approximate surface area is 91.3 Å². The van der Waals surface area contributed by atoms with E-state index < -0.39 is 10.0 Å². The molecule has 0 radical (unpaired) electrons. The molecule has 0 fully saturated rings. The molecule has 2 rings (SSSR count). The molecule has 0 saturated carbocycles. The molecule has 16 heavy (non-hydrogen) atoms. The molecule has 0 atom stereocenters. The second kappa shape index (κ2) is 3.52. The number of rotatable bonds is 3. The number of imidazole rings is 1. The molecule has 0 aliphatic carbocycles. The number of hydrogen-bond acceptors (Lipinski definition) is 5. The van der Waals surface area contributed by atoms with Crippen LogP contribution in [-0.2, 0) is 10.0 Å². The van der Waals surface area contributed by atoms with Crippen LogP contribution in [0.15, 0.2) is 17.4 Å². The van der Waals surface area contributed by atoms with Crippen molar-refractivity contribution in [3.63, 3.8) is 0 Å². The van der Waals surface area contributed by atoms with Crippen LogP contribution in [0, 0.1) is 6.92 Å². The molecule has 0 aliphatic heterocycles. The van der Waals surface area contributed by atoms with Crippen LogP contribution in [0.1, 0.15) is 5.82 Å². The van der Waals surface area contributed by atoms with Gasteiger partial charge in [-0.3, -0.25) is 9.82 Å². The highest BCUT2D eigenvalue weighted by molar-refractivity contribution is 7.92. The number of aromatic amines is 2. The first-order valence-corrected chi connectivity index (χ1v) is 5.80. The topological polar surface area (TPSA) is 130 Å². The molecule has 86 valence electrons. The van der Waals surface area contributed by atoms with Gasteiger partial charge in [-0.2, -0.15) is 13.5 Å². The van der Waals surface area contributed by atoms with E-state index >= 15 is 0 Å². The van der Waals surface area contributed by atoms with Crippen molar-refractivity contribution in [1.82, 2.24) is 20.2 Å². The average Bonchev–Trinajstić information content (AvgIpc) is 2.77. The van der Waals surface area contributed by atoms with Gasteiger partial charge in [0.25, 0.3) is 10.0 Å². The number of aromatic nitrogens is 4. The minimum Gasteiger partial charge on any atom is -0.394 e. The molecule has 2 aromatic heterocycles. The largest absolute Gasteiger partial charge is 0.394 e. The molecule has 0 saturated heterocycles. The fourth-order valence-corrected chi connectivity index (χ4v) is 2.12. The van der Waals surface area contributed by atoms with Crippen LogP contribution in [-0.4, -0.2) is 28.6 Å². The first-order chi connectivity index (χ1) is 7.49. The number of nitrogen functional groups attached to an aromatic ring is 1. The van der Waals surface area contributed by atoms with Crippen molar-refractivity contribution in [1.29, 1.82) is 0 Å². The Bertz CT molecular complexity index is 598. The summed E-state index contributed by atoms with van der Waals surface area (Å²) in [4.78, 5) is 6.41. The lowest BCUT2D eigenvalue weighted by Gasteiger charge is -2.03. The number of nitrogens with two attached hydrogens (primary N) is 1. The smallest absolute Gasteiger partial charge is 0.280 e. The molecule has 0 spiro atoms. The summed E-state index contributed by atoms with van der Waals surface area (Å²) >= 11 is 0. The third kappa shape index (κ3) is 1.84. The van der Waals surface area contributed by atoms with E-state index in [9.17, 15) is 8.42 Å². The predicted octanol–water partition coefficient (Wildman–Crippen LogP) is -0.176. The number of nitrogens with zero attached hydrogens (tertiary/aromatic N) is 2. The van der Waals surface area contributed by atoms with Gasteiger partial charge in [-0.1, -0.05) is 0 Å². The molecule has 0 amide bonds. The molecule has 0 aromatic carbocycles.